The Morgan fingerprint density at radius 1 is 1.02 bits per heavy atom. The molecule has 1 aromatic carbocycles. The molecule has 1 atom stereocenters. The Bertz CT molecular complexity index is 1320. The van der Waals surface area contributed by atoms with Crippen molar-refractivity contribution in [2.75, 3.05) is 19.6 Å². The van der Waals surface area contributed by atoms with Gasteiger partial charge in [-0.25, -0.2) is 4.68 Å². The van der Waals surface area contributed by atoms with Gasteiger partial charge in [0, 0.05) is 43.9 Å². The van der Waals surface area contributed by atoms with Crippen LogP contribution in [0.2, 0.25) is 0 Å². The van der Waals surface area contributed by atoms with Crippen LogP contribution in [0.4, 0.5) is 13.2 Å². The van der Waals surface area contributed by atoms with E-state index in [1.807, 2.05) is 18.7 Å². The average molecular weight is 640 g/mol. The van der Waals surface area contributed by atoms with E-state index < -0.39 is 28.9 Å². The molecule has 3 heterocycles. The normalized spacial score (nSPS) is 22.2. The molecule has 2 aromatic rings. The summed E-state index contributed by atoms with van der Waals surface area (Å²) in [6.07, 6.45) is 2.90. The summed E-state index contributed by atoms with van der Waals surface area (Å²) < 4.78 is 40.8. The largest absolute Gasteiger partial charge is 0.416 e. The number of hydrogen-bond donors (Lipinski definition) is 2. The van der Waals surface area contributed by atoms with Gasteiger partial charge in [-0.2, -0.15) is 18.3 Å². The maximum absolute atomic E-state index is 13.9. The van der Waals surface area contributed by atoms with Crippen molar-refractivity contribution in [3.63, 3.8) is 0 Å². The number of likely N-dealkylation sites (tertiary alicyclic amines) is 1. The van der Waals surface area contributed by atoms with Crippen LogP contribution in [0, 0.1) is 13.8 Å². The van der Waals surface area contributed by atoms with E-state index in [1.54, 1.807) is 4.68 Å². The summed E-state index contributed by atoms with van der Waals surface area (Å²) in [5, 5.41) is 18.8. The van der Waals surface area contributed by atoms with Crippen LogP contribution in [0.1, 0.15) is 93.6 Å². The third-order valence-corrected chi connectivity index (χ3v) is 9.86. The summed E-state index contributed by atoms with van der Waals surface area (Å²) in [6, 6.07) is 4.30. The SMILES string of the molecule is CCCCN1C(=O)[C@@H](CC2(O)CCCCC2)NC(=O)C12CCN(Cc1c(C)nn(-c3ccc(C(F)(F)F)cc3)c1C)CC2.Cl. The van der Waals surface area contributed by atoms with Crippen LogP contribution < -0.4 is 5.32 Å². The average Bonchev–Trinajstić information content (AvgIpc) is 3.25. The molecule has 2 N–H and O–H groups in total. The third-order valence-electron chi connectivity index (χ3n) is 9.86. The lowest BCUT2D eigenvalue weighted by atomic mass is 9.77. The van der Waals surface area contributed by atoms with Gasteiger partial charge in [0.1, 0.15) is 11.6 Å². The molecular weight excluding hydrogens is 595 g/mol. The van der Waals surface area contributed by atoms with Gasteiger partial charge in [0.25, 0.3) is 0 Å². The number of aryl methyl sites for hydroxylation is 1. The number of benzene rings is 1. The summed E-state index contributed by atoms with van der Waals surface area (Å²) in [5.41, 5.74) is 0.722. The highest BCUT2D eigenvalue weighted by Crippen LogP contribution is 2.38. The lowest BCUT2D eigenvalue weighted by Gasteiger charge is -2.52. The van der Waals surface area contributed by atoms with E-state index in [0.717, 1.165) is 61.2 Å². The lowest BCUT2D eigenvalue weighted by molar-refractivity contribution is -0.163. The molecule has 1 spiro atoms. The number of carbonyl (C=O) groups is 2. The van der Waals surface area contributed by atoms with Crippen molar-refractivity contribution in [2.45, 2.75) is 115 Å². The number of aliphatic hydroxyl groups is 1. The predicted molar refractivity (Wildman–Crippen MR) is 164 cm³/mol. The van der Waals surface area contributed by atoms with E-state index >= 15 is 0 Å². The highest BCUT2D eigenvalue weighted by atomic mass is 35.5. The van der Waals surface area contributed by atoms with Crippen LogP contribution in [0.5, 0.6) is 0 Å². The monoisotopic (exact) mass is 639 g/mol. The fourth-order valence-electron chi connectivity index (χ4n) is 7.20. The van der Waals surface area contributed by atoms with Crippen molar-refractivity contribution in [2.24, 2.45) is 0 Å². The molecule has 44 heavy (non-hydrogen) atoms. The molecule has 1 aliphatic carbocycles. The molecule has 2 aliphatic heterocycles. The summed E-state index contributed by atoms with van der Waals surface area (Å²) >= 11 is 0. The van der Waals surface area contributed by atoms with Gasteiger partial charge >= 0.3 is 6.18 Å². The predicted octanol–water partition coefficient (Wildman–Crippen LogP) is 5.48. The molecule has 2 saturated heterocycles. The van der Waals surface area contributed by atoms with E-state index in [1.165, 1.54) is 12.1 Å². The molecule has 5 rings (SSSR count). The zero-order chi connectivity index (χ0) is 31.0. The Hall–Kier alpha value is -2.63. The van der Waals surface area contributed by atoms with Gasteiger partial charge in [-0.1, -0.05) is 32.6 Å². The van der Waals surface area contributed by atoms with Crippen molar-refractivity contribution in [1.29, 1.82) is 0 Å². The van der Waals surface area contributed by atoms with Gasteiger partial charge in [0.05, 0.1) is 22.5 Å². The maximum Gasteiger partial charge on any atom is 0.416 e. The van der Waals surface area contributed by atoms with Gasteiger partial charge < -0.3 is 15.3 Å². The summed E-state index contributed by atoms with van der Waals surface area (Å²) in [5.74, 6) is -0.195. The molecule has 3 aliphatic rings. The number of amides is 2. The topological polar surface area (TPSA) is 90.7 Å². The molecular formula is C32H45ClF3N5O3. The first-order chi connectivity index (χ1) is 20.4. The first kappa shape index (κ1) is 34.2. The molecule has 1 aromatic heterocycles. The second-order valence-electron chi connectivity index (χ2n) is 12.8. The molecule has 12 heteroatoms. The van der Waals surface area contributed by atoms with E-state index in [0.29, 0.717) is 57.5 Å². The minimum absolute atomic E-state index is 0. The van der Waals surface area contributed by atoms with Crippen LogP contribution in [-0.4, -0.2) is 73.3 Å². The van der Waals surface area contributed by atoms with Crippen LogP contribution >= 0.6 is 12.4 Å². The Morgan fingerprint density at radius 2 is 1.66 bits per heavy atom. The number of piperazine rings is 1. The quantitative estimate of drug-likeness (QED) is 0.400. The molecule has 0 unspecified atom stereocenters. The van der Waals surface area contributed by atoms with Crippen LogP contribution in [-0.2, 0) is 22.3 Å². The van der Waals surface area contributed by atoms with Crippen molar-refractivity contribution in [3.8, 4) is 5.69 Å². The van der Waals surface area contributed by atoms with Gasteiger partial charge in [-0.15, -0.1) is 12.4 Å². The second kappa shape index (κ2) is 13.4. The zero-order valence-electron chi connectivity index (χ0n) is 25.9. The summed E-state index contributed by atoms with van der Waals surface area (Å²) in [7, 11) is 0. The lowest BCUT2D eigenvalue weighted by Crippen LogP contribution is -2.73. The van der Waals surface area contributed by atoms with Crippen LogP contribution in [0.3, 0.4) is 0 Å². The number of nitrogens with one attached hydrogen (secondary N) is 1. The van der Waals surface area contributed by atoms with Crippen LogP contribution in [0.25, 0.3) is 5.69 Å². The highest BCUT2D eigenvalue weighted by Gasteiger charge is 2.54. The minimum Gasteiger partial charge on any atom is -0.390 e. The number of hydrogen-bond acceptors (Lipinski definition) is 5. The molecule has 3 fully saturated rings. The smallest absolute Gasteiger partial charge is 0.390 e. The van der Waals surface area contributed by atoms with E-state index in [4.69, 9.17) is 0 Å². The molecule has 0 radical (unpaired) electrons. The number of halogens is 4. The molecule has 1 saturated carbocycles. The van der Waals surface area contributed by atoms with Crippen molar-refractivity contribution in [1.82, 2.24) is 24.9 Å². The standard InChI is InChI=1S/C32H44F3N5O3.ClH/c1-4-5-17-39-28(41)27(20-30(43)13-7-6-8-14-30)36-29(42)31(39)15-18-38(19-16-31)21-26-22(2)37-40(23(26)3)25-11-9-24(10-12-25)32(33,34)35;/h9-12,27,43H,4-8,13-21H2,1-3H3,(H,36,42);1H/t27-;/m1./s1. The molecule has 2 amide bonds. The number of piperidine rings is 1. The number of carbonyl (C=O) groups excluding carboxylic acids is 2. The van der Waals surface area contributed by atoms with E-state index in [9.17, 15) is 27.9 Å². The third kappa shape index (κ3) is 6.79. The molecule has 244 valence electrons. The summed E-state index contributed by atoms with van der Waals surface area (Å²) in [6.45, 7) is 8.23. The van der Waals surface area contributed by atoms with Gasteiger partial charge in [-0.3, -0.25) is 14.5 Å². The number of nitrogens with zero attached hydrogens (tertiary/aromatic N) is 4. The number of rotatable bonds is 8. The van der Waals surface area contributed by atoms with Crippen molar-refractivity contribution >= 4 is 24.2 Å². The number of unbranched alkanes of at least 4 members (excludes halogenated alkanes) is 1. The number of alkyl halides is 3. The zero-order valence-corrected chi connectivity index (χ0v) is 26.7. The highest BCUT2D eigenvalue weighted by molar-refractivity contribution is 6.00. The number of aromatic nitrogens is 2. The van der Waals surface area contributed by atoms with Crippen molar-refractivity contribution < 1.29 is 27.9 Å². The van der Waals surface area contributed by atoms with Crippen molar-refractivity contribution in [3.05, 3.63) is 46.8 Å². The fourth-order valence-corrected chi connectivity index (χ4v) is 7.20. The molecule has 8 nitrogen and oxygen atoms in total. The van der Waals surface area contributed by atoms with E-state index in [2.05, 4.69) is 22.2 Å². The van der Waals surface area contributed by atoms with E-state index in [-0.39, 0.29) is 30.6 Å². The van der Waals surface area contributed by atoms with Crippen LogP contribution in [0.15, 0.2) is 24.3 Å². The first-order valence-electron chi connectivity index (χ1n) is 15.7. The van der Waals surface area contributed by atoms with Gasteiger partial charge in [-0.05, 0) is 70.2 Å². The fraction of sp³-hybridized carbons (Fsp3) is 0.656. The Kier molecular flexibility index (Phi) is 10.4. The molecule has 0 bridgehead atoms. The van der Waals surface area contributed by atoms with Gasteiger partial charge in [0.2, 0.25) is 11.8 Å². The Labute approximate surface area is 263 Å². The summed E-state index contributed by atoms with van der Waals surface area (Å²) in [4.78, 5) is 31.7. The Morgan fingerprint density at radius 3 is 2.25 bits per heavy atom. The first-order valence-corrected chi connectivity index (χ1v) is 15.7. The second-order valence-corrected chi connectivity index (χ2v) is 12.8. The van der Waals surface area contributed by atoms with Gasteiger partial charge in [0.15, 0.2) is 0 Å². The minimum atomic E-state index is -4.40. The maximum atomic E-state index is 13.9. The Balaban J connectivity index is 0.00000442.